The number of methoxy groups -OCH3 is 1. The second-order valence-corrected chi connectivity index (χ2v) is 4.34. The Balaban J connectivity index is 3.21. The van der Waals surface area contributed by atoms with E-state index in [2.05, 4.69) is 0 Å². The number of carbonyl (C=O) groups excluding carboxylic acids is 1. The van der Waals surface area contributed by atoms with E-state index in [1.165, 1.54) is 0 Å². The van der Waals surface area contributed by atoms with Crippen LogP contribution in [0.3, 0.4) is 0 Å². The maximum Gasteiger partial charge on any atom is 0.313 e. The highest BCUT2D eigenvalue weighted by atomic mass is 16.5. The monoisotopic (exact) mass is 250 g/mol. The molecule has 0 radical (unpaired) electrons. The lowest BCUT2D eigenvalue weighted by atomic mass is 9.92. The molecule has 0 aliphatic heterocycles. The maximum absolute atomic E-state index is 12.0. The van der Waals surface area contributed by atoms with Crippen LogP contribution in [0.4, 0.5) is 0 Å². The van der Waals surface area contributed by atoms with Crippen molar-refractivity contribution in [3.05, 3.63) is 28.8 Å². The molecule has 0 bridgehead atoms. The van der Waals surface area contributed by atoms with Crippen molar-refractivity contribution in [1.82, 2.24) is 0 Å². The summed E-state index contributed by atoms with van der Waals surface area (Å²) >= 11 is 0. The molecule has 0 fully saturated rings. The molecule has 1 aromatic carbocycles. The summed E-state index contributed by atoms with van der Waals surface area (Å²) in [6.07, 6.45) is 0.706. The number of esters is 1. The fourth-order valence-corrected chi connectivity index (χ4v) is 2.11. The van der Waals surface area contributed by atoms with Crippen LogP contribution in [0.2, 0.25) is 0 Å². The van der Waals surface area contributed by atoms with Crippen molar-refractivity contribution in [2.75, 3.05) is 13.7 Å². The number of aryl methyl sites for hydroxylation is 1. The van der Waals surface area contributed by atoms with Crippen molar-refractivity contribution < 1.29 is 14.3 Å². The first-order valence-electron chi connectivity index (χ1n) is 6.37. The molecule has 0 saturated carbocycles. The fourth-order valence-electron chi connectivity index (χ4n) is 2.11. The van der Waals surface area contributed by atoms with Gasteiger partial charge in [-0.3, -0.25) is 4.79 Å². The van der Waals surface area contributed by atoms with Crippen molar-refractivity contribution in [2.24, 2.45) is 0 Å². The number of ether oxygens (including phenoxy) is 2. The van der Waals surface area contributed by atoms with Crippen LogP contribution in [0.1, 0.15) is 42.9 Å². The molecule has 3 nitrogen and oxygen atoms in total. The molecule has 1 unspecified atom stereocenters. The predicted molar refractivity (Wildman–Crippen MR) is 72.1 cm³/mol. The first-order valence-corrected chi connectivity index (χ1v) is 6.37. The van der Waals surface area contributed by atoms with Gasteiger partial charge in [0.1, 0.15) is 5.75 Å². The topological polar surface area (TPSA) is 35.5 Å². The average Bonchev–Trinajstić information content (AvgIpc) is 2.35. The van der Waals surface area contributed by atoms with Gasteiger partial charge in [0.05, 0.1) is 19.6 Å². The molecule has 1 atom stereocenters. The fraction of sp³-hybridized carbons (Fsp3) is 0.533. The zero-order valence-corrected chi connectivity index (χ0v) is 11.9. The van der Waals surface area contributed by atoms with E-state index in [1.807, 2.05) is 39.8 Å². The van der Waals surface area contributed by atoms with Gasteiger partial charge in [-0.15, -0.1) is 0 Å². The van der Waals surface area contributed by atoms with Gasteiger partial charge in [0.25, 0.3) is 0 Å². The minimum atomic E-state index is -0.251. The zero-order valence-electron chi connectivity index (χ0n) is 11.9. The summed E-state index contributed by atoms with van der Waals surface area (Å²) in [5, 5.41) is 0. The van der Waals surface area contributed by atoms with Crippen molar-refractivity contribution in [3.63, 3.8) is 0 Å². The van der Waals surface area contributed by atoms with Gasteiger partial charge in [-0.2, -0.15) is 0 Å². The highest BCUT2D eigenvalue weighted by molar-refractivity contribution is 5.79. The van der Waals surface area contributed by atoms with Gasteiger partial charge in [-0.1, -0.05) is 19.1 Å². The molecule has 0 aliphatic rings. The largest absolute Gasteiger partial charge is 0.496 e. The summed E-state index contributed by atoms with van der Waals surface area (Å²) in [4.78, 5) is 12.0. The summed E-state index contributed by atoms with van der Waals surface area (Å²) < 4.78 is 10.6. The van der Waals surface area contributed by atoms with Crippen LogP contribution in [-0.2, 0) is 9.53 Å². The molecular weight excluding hydrogens is 228 g/mol. The Morgan fingerprint density at radius 3 is 2.44 bits per heavy atom. The smallest absolute Gasteiger partial charge is 0.313 e. The standard InChI is InChI=1S/C15H22O3/c1-6-12(15(16)18-7-2)13-9-8-10(3)11(4)14(13)17-5/h8-9,12H,6-7H2,1-5H3. The summed E-state index contributed by atoms with van der Waals surface area (Å²) in [7, 11) is 1.64. The molecule has 0 saturated heterocycles. The molecule has 0 N–H and O–H groups in total. The molecule has 1 rings (SSSR count). The van der Waals surface area contributed by atoms with E-state index in [0.29, 0.717) is 13.0 Å². The normalized spacial score (nSPS) is 12.1. The van der Waals surface area contributed by atoms with Crippen molar-refractivity contribution in [1.29, 1.82) is 0 Å². The maximum atomic E-state index is 12.0. The van der Waals surface area contributed by atoms with E-state index < -0.39 is 0 Å². The minimum Gasteiger partial charge on any atom is -0.496 e. The summed E-state index contributed by atoms with van der Waals surface area (Å²) in [5.74, 6) is 0.371. The van der Waals surface area contributed by atoms with Crippen LogP contribution in [-0.4, -0.2) is 19.7 Å². The van der Waals surface area contributed by atoms with Crippen LogP contribution >= 0.6 is 0 Å². The Morgan fingerprint density at radius 2 is 1.94 bits per heavy atom. The SMILES string of the molecule is CCOC(=O)C(CC)c1ccc(C)c(C)c1OC. The Bertz CT molecular complexity index is 424. The van der Waals surface area contributed by atoms with E-state index in [1.54, 1.807) is 7.11 Å². The zero-order chi connectivity index (χ0) is 13.7. The van der Waals surface area contributed by atoms with E-state index in [0.717, 1.165) is 22.4 Å². The third-order valence-electron chi connectivity index (χ3n) is 3.27. The third kappa shape index (κ3) is 2.84. The molecule has 0 aromatic heterocycles. The molecule has 0 amide bonds. The van der Waals surface area contributed by atoms with E-state index in [-0.39, 0.29) is 11.9 Å². The average molecular weight is 250 g/mol. The lowest BCUT2D eigenvalue weighted by molar-refractivity contribution is -0.145. The van der Waals surface area contributed by atoms with Crippen LogP contribution in [0.15, 0.2) is 12.1 Å². The van der Waals surface area contributed by atoms with Gasteiger partial charge >= 0.3 is 5.97 Å². The van der Waals surface area contributed by atoms with Gasteiger partial charge in [0.15, 0.2) is 0 Å². The lowest BCUT2D eigenvalue weighted by Gasteiger charge is -2.19. The number of carbonyl (C=O) groups is 1. The molecule has 3 heteroatoms. The first kappa shape index (κ1) is 14.6. The molecule has 100 valence electrons. The highest BCUT2D eigenvalue weighted by Crippen LogP contribution is 2.34. The number of hydrogen-bond donors (Lipinski definition) is 0. The van der Waals surface area contributed by atoms with Gasteiger partial charge in [0.2, 0.25) is 0 Å². The van der Waals surface area contributed by atoms with E-state index in [9.17, 15) is 4.79 Å². The second kappa shape index (κ2) is 6.43. The summed E-state index contributed by atoms with van der Waals surface area (Å²) in [6.45, 7) is 8.25. The Hall–Kier alpha value is -1.51. The van der Waals surface area contributed by atoms with Crippen LogP contribution in [0.25, 0.3) is 0 Å². The number of hydrogen-bond acceptors (Lipinski definition) is 3. The third-order valence-corrected chi connectivity index (χ3v) is 3.27. The van der Waals surface area contributed by atoms with E-state index >= 15 is 0 Å². The molecule has 18 heavy (non-hydrogen) atoms. The Kier molecular flexibility index (Phi) is 5.20. The molecular formula is C15H22O3. The van der Waals surface area contributed by atoms with E-state index in [4.69, 9.17) is 9.47 Å². The lowest BCUT2D eigenvalue weighted by Crippen LogP contribution is -2.16. The van der Waals surface area contributed by atoms with Crippen molar-refractivity contribution >= 4 is 5.97 Å². The quantitative estimate of drug-likeness (QED) is 0.752. The van der Waals surface area contributed by atoms with Crippen molar-refractivity contribution in [2.45, 2.75) is 40.0 Å². The minimum absolute atomic E-state index is 0.179. The highest BCUT2D eigenvalue weighted by Gasteiger charge is 2.24. The number of benzene rings is 1. The van der Waals surface area contributed by atoms with Crippen molar-refractivity contribution in [3.8, 4) is 5.75 Å². The van der Waals surface area contributed by atoms with Crippen LogP contribution in [0, 0.1) is 13.8 Å². The predicted octanol–water partition coefficient (Wildman–Crippen LogP) is 3.37. The molecule has 0 spiro atoms. The molecule has 0 heterocycles. The van der Waals surface area contributed by atoms with Gasteiger partial charge in [0, 0.05) is 5.56 Å². The summed E-state index contributed by atoms with van der Waals surface area (Å²) in [5.41, 5.74) is 3.16. The first-order chi connectivity index (χ1) is 8.56. The Labute approximate surface area is 109 Å². The summed E-state index contributed by atoms with van der Waals surface area (Å²) in [6, 6.07) is 3.99. The van der Waals surface area contributed by atoms with Gasteiger partial charge in [-0.05, 0) is 38.3 Å². The van der Waals surface area contributed by atoms with Crippen LogP contribution < -0.4 is 4.74 Å². The second-order valence-electron chi connectivity index (χ2n) is 4.34. The van der Waals surface area contributed by atoms with Crippen LogP contribution in [0.5, 0.6) is 5.75 Å². The van der Waals surface area contributed by atoms with Gasteiger partial charge < -0.3 is 9.47 Å². The molecule has 1 aromatic rings. The molecule has 0 aliphatic carbocycles. The number of rotatable bonds is 5. The van der Waals surface area contributed by atoms with Gasteiger partial charge in [-0.25, -0.2) is 0 Å². The Morgan fingerprint density at radius 1 is 1.28 bits per heavy atom.